The Bertz CT molecular complexity index is 1180. The number of rotatable bonds is 6. The van der Waals surface area contributed by atoms with Crippen LogP contribution >= 0.6 is 0 Å². The molecule has 2 fully saturated rings. The maximum atomic E-state index is 11.9. The van der Waals surface area contributed by atoms with E-state index < -0.39 is 11.9 Å². The van der Waals surface area contributed by atoms with Crippen LogP contribution in [0.5, 0.6) is 0 Å². The summed E-state index contributed by atoms with van der Waals surface area (Å²) in [5.41, 5.74) is 3.16. The number of nitrogens with one attached hydrogen (secondary N) is 4. The van der Waals surface area contributed by atoms with E-state index in [1.165, 1.54) is 0 Å². The Kier molecular flexibility index (Phi) is 4.12. The molecule has 0 bridgehead atoms. The van der Waals surface area contributed by atoms with Crippen molar-refractivity contribution in [3.05, 3.63) is 34.9 Å². The molecule has 5 rings (SSSR count). The smallest absolute Gasteiger partial charge is 0.326 e. The normalized spacial score (nSPS) is 17.5. The first kappa shape index (κ1) is 18.1. The van der Waals surface area contributed by atoms with E-state index in [0.717, 1.165) is 24.2 Å². The number of hydrogen-bond acceptors (Lipinski definition) is 8. The summed E-state index contributed by atoms with van der Waals surface area (Å²) in [5.74, 6) is 0.481. The Morgan fingerprint density at radius 3 is 2.77 bits per heavy atom. The van der Waals surface area contributed by atoms with E-state index in [2.05, 4.69) is 41.4 Å². The van der Waals surface area contributed by atoms with Gasteiger partial charge in [-0.2, -0.15) is 24.7 Å². The van der Waals surface area contributed by atoms with E-state index in [9.17, 15) is 9.59 Å². The summed E-state index contributed by atoms with van der Waals surface area (Å²) in [4.78, 5) is 32.4. The van der Waals surface area contributed by atoms with Gasteiger partial charge in [-0.05, 0) is 31.9 Å². The quantitative estimate of drug-likeness (QED) is 0.342. The summed E-state index contributed by atoms with van der Waals surface area (Å²) in [5, 5.41) is 20.0. The minimum Gasteiger partial charge on any atom is -0.351 e. The number of imide groups is 1. The summed E-state index contributed by atoms with van der Waals surface area (Å²) in [7, 11) is 1.89. The van der Waals surface area contributed by atoms with E-state index in [-0.39, 0.29) is 5.70 Å². The maximum absolute atomic E-state index is 11.9. The molecule has 2 aliphatic rings. The molecule has 0 aromatic carbocycles. The Labute approximate surface area is 170 Å². The number of amides is 3. The van der Waals surface area contributed by atoms with E-state index >= 15 is 0 Å². The number of urea groups is 1. The van der Waals surface area contributed by atoms with Crippen molar-refractivity contribution in [1.82, 2.24) is 40.0 Å². The number of hydrogen-bond donors (Lipinski definition) is 4. The van der Waals surface area contributed by atoms with Crippen molar-refractivity contribution < 1.29 is 9.59 Å². The highest BCUT2D eigenvalue weighted by Gasteiger charge is 2.26. The second-order valence-corrected chi connectivity index (χ2v) is 7.35. The third-order valence-corrected chi connectivity index (χ3v) is 4.92. The molecule has 4 heterocycles. The van der Waals surface area contributed by atoms with Gasteiger partial charge in [0.2, 0.25) is 11.9 Å². The summed E-state index contributed by atoms with van der Waals surface area (Å²) < 4.78 is 3.40. The monoisotopic (exact) mass is 408 g/mol. The molecule has 12 heteroatoms. The van der Waals surface area contributed by atoms with Crippen molar-refractivity contribution in [2.24, 2.45) is 7.05 Å². The molecule has 0 atom stereocenters. The highest BCUT2D eigenvalue weighted by atomic mass is 16.2. The van der Waals surface area contributed by atoms with E-state index in [1.54, 1.807) is 16.8 Å². The van der Waals surface area contributed by atoms with Crippen LogP contribution in [0.2, 0.25) is 0 Å². The molecule has 3 aromatic rings. The van der Waals surface area contributed by atoms with Crippen LogP contribution in [0.1, 0.15) is 29.8 Å². The van der Waals surface area contributed by atoms with Gasteiger partial charge in [-0.25, -0.2) is 4.79 Å². The molecule has 1 saturated carbocycles. The van der Waals surface area contributed by atoms with Gasteiger partial charge in [0.15, 0.2) is 5.65 Å². The lowest BCUT2D eigenvalue weighted by atomic mass is 10.2. The fourth-order valence-electron chi connectivity index (χ4n) is 3.11. The lowest BCUT2D eigenvalue weighted by molar-refractivity contribution is -0.115. The number of fused-ring (bicyclic) bond motifs is 1. The Hall–Kier alpha value is -3.96. The molecule has 1 aliphatic carbocycles. The Balaban J connectivity index is 1.49. The van der Waals surface area contributed by atoms with Crippen LogP contribution in [0.15, 0.2) is 18.0 Å². The Morgan fingerprint density at radius 1 is 1.27 bits per heavy atom. The van der Waals surface area contributed by atoms with Gasteiger partial charge in [0.25, 0.3) is 5.91 Å². The van der Waals surface area contributed by atoms with Crippen LogP contribution in [-0.4, -0.2) is 47.3 Å². The Morgan fingerprint density at radius 2 is 2.10 bits per heavy atom. The zero-order valence-corrected chi connectivity index (χ0v) is 16.4. The second kappa shape index (κ2) is 6.83. The predicted octanol–water partition coefficient (Wildman–Crippen LogP) is 0.533. The van der Waals surface area contributed by atoms with Crippen LogP contribution in [0.25, 0.3) is 11.7 Å². The largest absolute Gasteiger partial charge is 0.351 e. The van der Waals surface area contributed by atoms with E-state index in [0.29, 0.717) is 35.7 Å². The van der Waals surface area contributed by atoms with Crippen molar-refractivity contribution in [1.29, 1.82) is 0 Å². The molecule has 0 unspecified atom stereocenters. The number of carbonyl (C=O) groups excluding carboxylic acids is 2. The molecule has 0 spiro atoms. The van der Waals surface area contributed by atoms with Crippen molar-refractivity contribution in [2.45, 2.75) is 32.4 Å². The van der Waals surface area contributed by atoms with Crippen LogP contribution in [0.4, 0.5) is 16.7 Å². The SMILES string of the molecule is Cc1cc(CNc2nc(NC3CC3)n3ncc(/C=C4\NC(=O)NC4=O)c3n2)nn1C. The number of carbonyl (C=O) groups is 2. The maximum Gasteiger partial charge on any atom is 0.326 e. The second-order valence-electron chi connectivity index (χ2n) is 7.35. The molecule has 3 amide bonds. The predicted molar refractivity (Wildman–Crippen MR) is 107 cm³/mol. The average Bonchev–Trinajstić information content (AvgIpc) is 3.21. The van der Waals surface area contributed by atoms with Crippen LogP contribution in [0, 0.1) is 6.92 Å². The number of nitrogens with zero attached hydrogens (tertiary/aromatic N) is 6. The summed E-state index contributed by atoms with van der Waals surface area (Å²) in [6.07, 6.45) is 5.28. The zero-order valence-electron chi connectivity index (χ0n) is 16.4. The van der Waals surface area contributed by atoms with Crippen LogP contribution in [0.3, 0.4) is 0 Å². The van der Waals surface area contributed by atoms with Gasteiger partial charge in [0.1, 0.15) is 5.70 Å². The van der Waals surface area contributed by atoms with Gasteiger partial charge in [-0.3, -0.25) is 14.8 Å². The first-order valence-electron chi connectivity index (χ1n) is 9.56. The molecule has 154 valence electrons. The minimum atomic E-state index is -0.554. The lowest BCUT2D eigenvalue weighted by Crippen LogP contribution is -2.22. The first-order valence-corrected chi connectivity index (χ1v) is 9.56. The molecule has 1 saturated heterocycles. The summed E-state index contributed by atoms with van der Waals surface area (Å²) in [6.45, 7) is 2.45. The molecule has 4 N–H and O–H groups in total. The zero-order chi connectivity index (χ0) is 20.8. The molecule has 30 heavy (non-hydrogen) atoms. The average molecular weight is 408 g/mol. The summed E-state index contributed by atoms with van der Waals surface area (Å²) >= 11 is 0. The van der Waals surface area contributed by atoms with Crippen molar-refractivity contribution in [3.8, 4) is 0 Å². The topological polar surface area (TPSA) is 143 Å². The molecular weight excluding hydrogens is 388 g/mol. The van der Waals surface area contributed by atoms with Crippen molar-refractivity contribution in [3.63, 3.8) is 0 Å². The van der Waals surface area contributed by atoms with Gasteiger partial charge in [-0.15, -0.1) is 0 Å². The lowest BCUT2D eigenvalue weighted by Gasteiger charge is -2.09. The standard InChI is InChI=1S/C18H20N10O2/c1-9-5-12(26-27(9)2)8-19-16-23-14-10(6-13-15(29)24-18(30)22-13)7-20-28(14)17(25-16)21-11-3-4-11/h5-7,11H,3-4,8H2,1-2H3,(H2,19,21,23,25)(H2,22,24,29,30)/b13-6-. The number of aryl methyl sites for hydroxylation is 2. The first-order chi connectivity index (χ1) is 14.5. The van der Waals surface area contributed by atoms with E-state index in [1.807, 2.05) is 24.7 Å². The van der Waals surface area contributed by atoms with Gasteiger partial charge in [0.05, 0.1) is 18.4 Å². The fourth-order valence-corrected chi connectivity index (χ4v) is 3.11. The highest BCUT2D eigenvalue weighted by Crippen LogP contribution is 2.25. The van der Waals surface area contributed by atoms with Crippen LogP contribution < -0.4 is 21.3 Å². The minimum absolute atomic E-state index is 0.142. The third kappa shape index (κ3) is 3.43. The molecule has 1 aliphatic heterocycles. The van der Waals surface area contributed by atoms with Gasteiger partial charge >= 0.3 is 6.03 Å². The van der Waals surface area contributed by atoms with Crippen molar-refractivity contribution >= 4 is 35.6 Å². The number of anilines is 2. The third-order valence-electron chi connectivity index (χ3n) is 4.92. The molecule has 3 aromatic heterocycles. The van der Waals surface area contributed by atoms with Gasteiger partial charge < -0.3 is 16.0 Å². The fraction of sp³-hybridized carbons (Fsp3) is 0.333. The number of aromatic nitrogens is 6. The van der Waals surface area contributed by atoms with Crippen molar-refractivity contribution in [2.75, 3.05) is 10.6 Å². The molecule has 12 nitrogen and oxygen atoms in total. The van der Waals surface area contributed by atoms with Crippen LogP contribution in [-0.2, 0) is 18.4 Å². The molecular formula is C18H20N10O2. The summed E-state index contributed by atoms with van der Waals surface area (Å²) in [6, 6.07) is 1.80. The van der Waals surface area contributed by atoms with Gasteiger partial charge in [0, 0.05) is 24.3 Å². The molecule has 0 radical (unpaired) electrons. The highest BCUT2D eigenvalue weighted by molar-refractivity contribution is 6.14. The van der Waals surface area contributed by atoms with E-state index in [4.69, 9.17) is 0 Å². The van der Waals surface area contributed by atoms with Gasteiger partial charge in [-0.1, -0.05) is 0 Å².